The smallest absolute Gasteiger partial charge is 0.0728 e. The lowest BCUT2D eigenvalue weighted by Gasteiger charge is -2.42. The van der Waals surface area contributed by atoms with E-state index in [2.05, 4.69) is 11.0 Å². The Hall–Kier alpha value is -0.610. The molecule has 0 amide bonds. The van der Waals surface area contributed by atoms with E-state index < -0.39 is 5.60 Å². The van der Waals surface area contributed by atoms with Crippen molar-refractivity contribution >= 4 is 11.6 Å². The van der Waals surface area contributed by atoms with Gasteiger partial charge in [0.05, 0.1) is 18.8 Å². The van der Waals surface area contributed by atoms with Gasteiger partial charge >= 0.3 is 0 Å². The van der Waals surface area contributed by atoms with Crippen LogP contribution in [0.25, 0.3) is 0 Å². The van der Waals surface area contributed by atoms with Gasteiger partial charge in [-0.3, -0.25) is 4.90 Å². The lowest BCUT2D eigenvalue weighted by molar-refractivity contribution is -0.0414. The van der Waals surface area contributed by atoms with Crippen LogP contribution in [0.1, 0.15) is 43.6 Å². The molecular weight excluding hydrogens is 298 g/mol. The van der Waals surface area contributed by atoms with Gasteiger partial charge < -0.3 is 9.84 Å². The van der Waals surface area contributed by atoms with E-state index in [0.29, 0.717) is 0 Å². The van der Waals surface area contributed by atoms with Crippen molar-refractivity contribution in [2.24, 2.45) is 0 Å². The van der Waals surface area contributed by atoms with Gasteiger partial charge in [0.25, 0.3) is 0 Å². The van der Waals surface area contributed by atoms with Crippen LogP contribution in [0.5, 0.6) is 0 Å². The molecule has 0 bridgehead atoms. The Morgan fingerprint density at radius 1 is 1.18 bits per heavy atom. The molecule has 1 saturated heterocycles. The SMILES string of the molecule is OC1(C(CN2CCOCC2)c2cccc(Cl)c2)CCCCC1. The highest BCUT2D eigenvalue weighted by atomic mass is 35.5. The maximum Gasteiger partial charge on any atom is 0.0728 e. The second-order valence-corrected chi connectivity index (χ2v) is 7.12. The Kier molecular flexibility index (Phi) is 5.40. The first-order valence-corrected chi connectivity index (χ1v) is 8.83. The first kappa shape index (κ1) is 16.3. The number of benzene rings is 1. The summed E-state index contributed by atoms with van der Waals surface area (Å²) in [6.07, 6.45) is 5.28. The van der Waals surface area contributed by atoms with Crippen LogP contribution in [-0.2, 0) is 4.74 Å². The van der Waals surface area contributed by atoms with Crippen LogP contribution in [0, 0.1) is 0 Å². The van der Waals surface area contributed by atoms with Crippen LogP contribution in [0.4, 0.5) is 0 Å². The van der Waals surface area contributed by atoms with Gasteiger partial charge in [0.2, 0.25) is 0 Å². The maximum absolute atomic E-state index is 11.3. The second kappa shape index (κ2) is 7.31. The third-order valence-corrected chi connectivity index (χ3v) is 5.40. The van der Waals surface area contributed by atoms with Gasteiger partial charge in [-0.2, -0.15) is 0 Å². The average molecular weight is 324 g/mol. The van der Waals surface area contributed by atoms with Crippen LogP contribution in [0.15, 0.2) is 24.3 Å². The van der Waals surface area contributed by atoms with Gasteiger partial charge in [-0.05, 0) is 30.5 Å². The van der Waals surface area contributed by atoms with E-state index in [4.69, 9.17) is 16.3 Å². The number of rotatable bonds is 4. The summed E-state index contributed by atoms with van der Waals surface area (Å²) in [6.45, 7) is 4.38. The molecule has 122 valence electrons. The first-order valence-electron chi connectivity index (χ1n) is 8.45. The van der Waals surface area contributed by atoms with Crippen LogP contribution >= 0.6 is 11.6 Å². The Labute approximate surface area is 138 Å². The van der Waals surface area contributed by atoms with Crippen molar-refractivity contribution in [1.82, 2.24) is 4.90 Å². The highest BCUT2D eigenvalue weighted by Gasteiger charge is 2.39. The fraction of sp³-hybridized carbons (Fsp3) is 0.667. The van der Waals surface area contributed by atoms with Crippen molar-refractivity contribution in [1.29, 1.82) is 0 Å². The second-order valence-electron chi connectivity index (χ2n) is 6.68. The molecule has 1 heterocycles. The van der Waals surface area contributed by atoms with Crippen molar-refractivity contribution < 1.29 is 9.84 Å². The molecule has 0 spiro atoms. The number of morpholine rings is 1. The van der Waals surface area contributed by atoms with Crippen molar-refractivity contribution in [3.05, 3.63) is 34.9 Å². The molecule has 1 aliphatic heterocycles. The van der Waals surface area contributed by atoms with Gasteiger partial charge in [-0.15, -0.1) is 0 Å². The highest BCUT2D eigenvalue weighted by molar-refractivity contribution is 6.30. The van der Waals surface area contributed by atoms with Crippen LogP contribution < -0.4 is 0 Å². The molecule has 1 unspecified atom stereocenters. The molecule has 1 N–H and O–H groups in total. The Morgan fingerprint density at radius 2 is 1.91 bits per heavy atom. The molecule has 2 aliphatic rings. The molecule has 1 aromatic carbocycles. The summed E-state index contributed by atoms with van der Waals surface area (Å²) < 4.78 is 5.45. The third-order valence-electron chi connectivity index (χ3n) is 5.16. The number of hydrogen-bond donors (Lipinski definition) is 1. The van der Waals surface area contributed by atoms with Gasteiger partial charge in [0.15, 0.2) is 0 Å². The largest absolute Gasteiger partial charge is 0.389 e. The molecule has 0 aromatic heterocycles. The summed E-state index contributed by atoms with van der Waals surface area (Å²) in [5, 5.41) is 12.1. The summed E-state index contributed by atoms with van der Waals surface area (Å²) >= 11 is 6.20. The summed E-state index contributed by atoms with van der Waals surface area (Å²) in [4.78, 5) is 2.42. The van der Waals surface area contributed by atoms with Gasteiger partial charge in [-0.1, -0.05) is 43.0 Å². The highest BCUT2D eigenvalue weighted by Crippen LogP contribution is 2.41. The Morgan fingerprint density at radius 3 is 2.59 bits per heavy atom. The molecule has 0 radical (unpaired) electrons. The first-order chi connectivity index (χ1) is 10.7. The zero-order chi connectivity index (χ0) is 15.4. The van der Waals surface area contributed by atoms with E-state index >= 15 is 0 Å². The third kappa shape index (κ3) is 3.83. The molecule has 4 heteroatoms. The van der Waals surface area contributed by atoms with Crippen molar-refractivity contribution in [3.8, 4) is 0 Å². The predicted molar refractivity (Wildman–Crippen MR) is 89.5 cm³/mol. The maximum atomic E-state index is 11.3. The van der Waals surface area contributed by atoms with E-state index in [1.807, 2.05) is 18.2 Å². The molecule has 22 heavy (non-hydrogen) atoms. The number of ether oxygens (including phenoxy) is 1. The van der Waals surface area contributed by atoms with Gasteiger partial charge in [-0.25, -0.2) is 0 Å². The standard InChI is InChI=1S/C18H26ClNO2/c19-16-6-4-5-15(13-16)17(14-20-9-11-22-12-10-20)18(21)7-2-1-3-8-18/h4-6,13,17,21H,1-3,7-12,14H2. The monoisotopic (exact) mass is 323 g/mol. The Balaban J connectivity index is 1.83. The van der Waals surface area contributed by atoms with E-state index in [1.54, 1.807) is 0 Å². The van der Waals surface area contributed by atoms with Crippen LogP contribution in [0.2, 0.25) is 5.02 Å². The van der Waals surface area contributed by atoms with E-state index in [1.165, 1.54) is 12.0 Å². The van der Waals surface area contributed by atoms with Gasteiger partial charge in [0.1, 0.15) is 0 Å². The van der Waals surface area contributed by atoms with E-state index in [-0.39, 0.29) is 5.92 Å². The zero-order valence-corrected chi connectivity index (χ0v) is 13.9. The topological polar surface area (TPSA) is 32.7 Å². The Bertz CT molecular complexity index is 482. The van der Waals surface area contributed by atoms with E-state index in [0.717, 1.165) is 63.6 Å². The van der Waals surface area contributed by atoms with Crippen molar-refractivity contribution in [2.45, 2.75) is 43.6 Å². The van der Waals surface area contributed by atoms with Gasteiger partial charge in [0, 0.05) is 30.6 Å². The molecule has 1 aliphatic carbocycles. The average Bonchev–Trinajstić information content (AvgIpc) is 2.54. The zero-order valence-electron chi connectivity index (χ0n) is 13.1. The summed E-state index contributed by atoms with van der Waals surface area (Å²) in [5.74, 6) is 0.129. The minimum atomic E-state index is -0.596. The lowest BCUT2D eigenvalue weighted by atomic mass is 9.72. The lowest BCUT2D eigenvalue weighted by Crippen LogP contribution is -2.47. The predicted octanol–water partition coefficient (Wildman–Crippen LogP) is 3.45. The minimum Gasteiger partial charge on any atom is -0.389 e. The fourth-order valence-corrected chi connectivity index (χ4v) is 4.06. The number of nitrogens with zero attached hydrogens (tertiary/aromatic N) is 1. The summed E-state index contributed by atoms with van der Waals surface area (Å²) in [5.41, 5.74) is 0.574. The minimum absolute atomic E-state index is 0.129. The molecule has 3 nitrogen and oxygen atoms in total. The fourth-order valence-electron chi connectivity index (χ4n) is 3.86. The van der Waals surface area contributed by atoms with Crippen molar-refractivity contribution in [3.63, 3.8) is 0 Å². The van der Waals surface area contributed by atoms with Crippen LogP contribution in [-0.4, -0.2) is 48.5 Å². The quantitative estimate of drug-likeness (QED) is 0.921. The summed E-state index contributed by atoms with van der Waals surface area (Å²) in [7, 11) is 0. The van der Waals surface area contributed by atoms with Crippen LogP contribution in [0.3, 0.4) is 0 Å². The number of aliphatic hydroxyl groups is 1. The number of halogens is 1. The number of hydrogen-bond acceptors (Lipinski definition) is 3. The molecule has 3 rings (SSSR count). The van der Waals surface area contributed by atoms with Crippen molar-refractivity contribution in [2.75, 3.05) is 32.8 Å². The van der Waals surface area contributed by atoms with E-state index in [9.17, 15) is 5.11 Å². The molecular formula is C18H26ClNO2. The summed E-state index contributed by atoms with van der Waals surface area (Å²) in [6, 6.07) is 8.04. The molecule has 2 fully saturated rings. The normalized spacial score (nSPS) is 24.1. The molecule has 1 atom stereocenters. The molecule has 1 saturated carbocycles. The molecule has 1 aromatic rings.